The van der Waals surface area contributed by atoms with Crippen LogP contribution in [0.4, 0.5) is 0 Å². The van der Waals surface area contributed by atoms with E-state index in [1.165, 1.54) is 0 Å². The van der Waals surface area contributed by atoms with E-state index in [0.29, 0.717) is 51.9 Å². The lowest BCUT2D eigenvalue weighted by Crippen LogP contribution is -2.47. The molecule has 2 rings (SSSR count). The molecule has 1 saturated heterocycles. The van der Waals surface area contributed by atoms with Crippen molar-refractivity contribution >= 4 is 5.97 Å². The van der Waals surface area contributed by atoms with Crippen molar-refractivity contribution in [3.05, 3.63) is 11.5 Å². The maximum Gasteiger partial charge on any atom is 0.378 e. The van der Waals surface area contributed by atoms with Gasteiger partial charge in [-0.15, -0.1) is 0 Å². The standard InChI is InChI=1S/C31H57NO8/c1-6-11-16-35-23-24-27(37-18-13-8-3)26(36-17-12-7-2)22-32(24)21-25(33)28-29(38-19-14-9-4)30(31(34)40-28)39-20-15-10-5/h24-28,33H,6-23H2,1-5H3/t24-,25-,26-,27-,28+/m0/s1. The van der Waals surface area contributed by atoms with Crippen LogP contribution >= 0.6 is 0 Å². The van der Waals surface area contributed by atoms with Crippen molar-refractivity contribution in [2.75, 3.05) is 52.7 Å². The molecule has 0 spiro atoms. The van der Waals surface area contributed by atoms with Gasteiger partial charge in [0, 0.05) is 32.9 Å². The van der Waals surface area contributed by atoms with Crippen molar-refractivity contribution in [2.45, 2.75) is 129 Å². The average Bonchev–Trinajstić information content (AvgIpc) is 3.43. The number of hydrogen-bond acceptors (Lipinski definition) is 9. The lowest BCUT2D eigenvalue weighted by Gasteiger charge is -2.31. The quantitative estimate of drug-likeness (QED) is 0.127. The third-order valence-corrected chi connectivity index (χ3v) is 7.37. The van der Waals surface area contributed by atoms with Gasteiger partial charge in [0.1, 0.15) is 12.2 Å². The van der Waals surface area contributed by atoms with Crippen LogP contribution in [0, 0.1) is 0 Å². The Labute approximate surface area is 242 Å². The van der Waals surface area contributed by atoms with Gasteiger partial charge in [0.15, 0.2) is 11.9 Å². The Balaban J connectivity index is 2.21. The zero-order chi connectivity index (χ0) is 29.2. The number of likely N-dealkylation sites (tertiary alicyclic amines) is 1. The molecule has 0 aromatic rings. The first-order chi connectivity index (χ1) is 19.5. The molecule has 1 N–H and O–H groups in total. The predicted octanol–water partition coefficient (Wildman–Crippen LogP) is 4.99. The molecule has 0 unspecified atom stereocenters. The first-order valence-corrected chi connectivity index (χ1v) is 16.0. The fourth-order valence-electron chi connectivity index (χ4n) is 4.86. The van der Waals surface area contributed by atoms with E-state index in [1.807, 2.05) is 0 Å². The molecular weight excluding hydrogens is 514 g/mol. The smallest absolute Gasteiger partial charge is 0.378 e. The van der Waals surface area contributed by atoms with Crippen molar-refractivity contribution in [1.29, 1.82) is 0 Å². The number of nitrogens with zero attached hydrogens (tertiary/aromatic N) is 1. The zero-order valence-corrected chi connectivity index (χ0v) is 25.9. The fraction of sp³-hybridized carbons (Fsp3) is 0.903. The number of esters is 1. The number of hydrogen-bond donors (Lipinski definition) is 1. The predicted molar refractivity (Wildman–Crippen MR) is 155 cm³/mol. The van der Waals surface area contributed by atoms with E-state index in [2.05, 4.69) is 39.5 Å². The van der Waals surface area contributed by atoms with Crippen LogP contribution in [0.3, 0.4) is 0 Å². The fourth-order valence-corrected chi connectivity index (χ4v) is 4.86. The summed E-state index contributed by atoms with van der Waals surface area (Å²) in [7, 11) is 0. The van der Waals surface area contributed by atoms with Crippen molar-refractivity contribution in [3.63, 3.8) is 0 Å². The van der Waals surface area contributed by atoms with Gasteiger partial charge in [0.05, 0.1) is 32.0 Å². The number of unbranched alkanes of at least 4 members (excludes halogenated alkanes) is 5. The third-order valence-electron chi connectivity index (χ3n) is 7.37. The van der Waals surface area contributed by atoms with Crippen LogP contribution in [0.25, 0.3) is 0 Å². The Morgan fingerprint density at radius 3 is 2.05 bits per heavy atom. The molecule has 0 radical (unpaired) electrons. The van der Waals surface area contributed by atoms with Gasteiger partial charge in [-0.25, -0.2) is 4.79 Å². The van der Waals surface area contributed by atoms with E-state index in [1.54, 1.807) is 0 Å². The van der Waals surface area contributed by atoms with Crippen molar-refractivity contribution in [3.8, 4) is 0 Å². The van der Waals surface area contributed by atoms with Crippen molar-refractivity contribution in [2.24, 2.45) is 0 Å². The van der Waals surface area contributed by atoms with Crippen molar-refractivity contribution < 1.29 is 38.3 Å². The Kier molecular flexibility index (Phi) is 17.8. The Bertz CT molecular complexity index is 717. The molecule has 0 aliphatic carbocycles. The number of carbonyl (C=O) groups excluding carboxylic acids is 1. The lowest BCUT2D eigenvalue weighted by molar-refractivity contribution is -0.148. The Morgan fingerprint density at radius 1 is 0.825 bits per heavy atom. The van der Waals surface area contributed by atoms with E-state index in [9.17, 15) is 9.90 Å². The summed E-state index contributed by atoms with van der Waals surface area (Å²) in [6.07, 6.45) is 7.49. The summed E-state index contributed by atoms with van der Waals surface area (Å²) >= 11 is 0. The second kappa shape index (κ2) is 20.5. The second-order valence-electron chi connectivity index (χ2n) is 10.9. The molecular formula is C31H57NO8. The van der Waals surface area contributed by atoms with Gasteiger partial charge in [0.25, 0.3) is 0 Å². The first kappa shape index (κ1) is 34.8. The van der Waals surface area contributed by atoms with Gasteiger partial charge < -0.3 is 33.5 Å². The Hall–Kier alpha value is -1.39. The second-order valence-corrected chi connectivity index (χ2v) is 10.9. The summed E-state index contributed by atoms with van der Waals surface area (Å²) in [4.78, 5) is 14.9. The van der Waals surface area contributed by atoms with Gasteiger partial charge >= 0.3 is 5.97 Å². The van der Waals surface area contributed by atoms with Crippen LogP contribution in [0.5, 0.6) is 0 Å². The minimum Gasteiger partial charge on any atom is -0.490 e. The minimum atomic E-state index is -1.00. The molecule has 2 aliphatic rings. The zero-order valence-electron chi connectivity index (χ0n) is 25.9. The van der Waals surface area contributed by atoms with Crippen LogP contribution in [0.15, 0.2) is 11.5 Å². The molecule has 2 heterocycles. The highest BCUT2D eigenvalue weighted by atomic mass is 16.6. The lowest BCUT2D eigenvalue weighted by atomic mass is 10.1. The number of ether oxygens (including phenoxy) is 6. The van der Waals surface area contributed by atoms with E-state index < -0.39 is 18.2 Å². The summed E-state index contributed by atoms with van der Waals surface area (Å²) in [5, 5.41) is 11.5. The highest BCUT2D eigenvalue weighted by Crippen LogP contribution is 2.31. The number of aliphatic hydroxyl groups is 1. The average molecular weight is 572 g/mol. The molecule has 0 aromatic heterocycles. The summed E-state index contributed by atoms with van der Waals surface area (Å²) in [6, 6.07) is -0.0826. The number of aliphatic hydroxyl groups excluding tert-OH is 1. The van der Waals surface area contributed by atoms with Crippen LogP contribution in [0.1, 0.15) is 98.8 Å². The van der Waals surface area contributed by atoms with Crippen LogP contribution in [0.2, 0.25) is 0 Å². The monoisotopic (exact) mass is 571 g/mol. The van der Waals surface area contributed by atoms with E-state index >= 15 is 0 Å². The summed E-state index contributed by atoms with van der Waals surface area (Å²) in [5.74, 6) is -0.173. The van der Waals surface area contributed by atoms with E-state index in [4.69, 9.17) is 28.4 Å². The normalized spacial score (nSPS) is 24.1. The van der Waals surface area contributed by atoms with Crippen LogP contribution < -0.4 is 0 Å². The Morgan fingerprint density at radius 2 is 1.40 bits per heavy atom. The molecule has 9 heteroatoms. The van der Waals surface area contributed by atoms with Gasteiger partial charge in [-0.1, -0.05) is 66.7 Å². The van der Waals surface area contributed by atoms with Gasteiger partial charge in [0.2, 0.25) is 5.76 Å². The maximum absolute atomic E-state index is 12.8. The summed E-state index contributed by atoms with van der Waals surface area (Å²) in [5.41, 5.74) is 0. The third kappa shape index (κ3) is 11.1. The highest BCUT2D eigenvalue weighted by Gasteiger charge is 2.47. The SMILES string of the molecule is CCCCOC[C@H]1[C@H](OCCCC)[C@@H](OCCCC)CN1C[C@H](O)[C@H]1OC(=O)C(OCCCC)=C1OCCCC. The summed E-state index contributed by atoms with van der Waals surface area (Å²) in [6.45, 7) is 14.8. The molecule has 40 heavy (non-hydrogen) atoms. The van der Waals surface area contributed by atoms with Crippen LogP contribution in [-0.4, -0.2) is 99.2 Å². The molecule has 0 bridgehead atoms. The van der Waals surface area contributed by atoms with Crippen LogP contribution in [-0.2, 0) is 33.2 Å². The summed E-state index contributed by atoms with van der Waals surface area (Å²) < 4.78 is 36.2. The molecule has 0 amide bonds. The van der Waals surface area contributed by atoms with Gasteiger partial charge in [-0.3, -0.25) is 4.90 Å². The molecule has 9 nitrogen and oxygen atoms in total. The number of cyclic esters (lactones) is 1. The molecule has 0 saturated carbocycles. The van der Waals surface area contributed by atoms with Gasteiger partial charge in [-0.05, 0) is 32.1 Å². The molecule has 2 aliphatic heterocycles. The highest BCUT2D eigenvalue weighted by molar-refractivity contribution is 5.89. The topological polar surface area (TPSA) is 95.9 Å². The number of rotatable bonds is 24. The molecule has 5 atom stereocenters. The van der Waals surface area contributed by atoms with Crippen molar-refractivity contribution in [1.82, 2.24) is 4.90 Å². The maximum atomic E-state index is 12.8. The minimum absolute atomic E-state index is 0.0826. The molecule has 234 valence electrons. The van der Waals surface area contributed by atoms with Gasteiger partial charge in [-0.2, -0.15) is 0 Å². The molecule has 1 fully saturated rings. The number of β-amino-alcohol motifs (C(OH)–C–C–N with tert-alkyl or cyclic N) is 1. The first-order valence-electron chi connectivity index (χ1n) is 16.0. The van der Waals surface area contributed by atoms with E-state index in [-0.39, 0.29) is 30.6 Å². The number of carbonyl (C=O) groups is 1. The largest absolute Gasteiger partial charge is 0.490 e. The molecule has 0 aromatic carbocycles. The van der Waals surface area contributed by atoms with E-state index in [0.717, 1.165) is 64.2 Å².